The van der Waals surface area contributed by atoms with E-state index in [0.29, 0.717) is 6.29 Å². The smallest absolute Gasteiger partial charge is 0.325 e. The number of carboxylic acid groups (broad SMARTS) is 1. The molecule has 0 aliphatic rings. The SMILES string of the molecule is COc1cc(C(N)C(=O)O)c(C=O)cc1O. The number of methoxy groups -OCH3 is 1. The van der Waals surface area contributed by atoms with Gasteiger partial charge in [-0.3, -0.25) is 9.59 Å². The first kappa shape index (κ1) is 12.0. The second kappa shape index (κ2) is 4.63. The summed E-state index contributed by atoms with van der Waals surface area (Å²) in [6, 6.07) is 1.01. The number of carboxylic acids is 1. The van der Waals surface area contributed by atoms with Crippen molar-refractivity contribution in [1.82, 2.24) is 0 Å². The second-order valence-electron chi connectivity index (χ2n) is 3.09. The number of benzene rings is 1. The molecule has 1 rings (SSSR count). The van der Waals surface area contributed by atoms with E-state index in [2.05, 4.69) is 0 Å². The maximum Gasteiger partial charge on any atom is 0.325 e. The van der Waals surface area contributed by atoms with E-state index < -0.39 is 12.0 Å². The number of aldehydes is 1. The first-order valence-electron chi connectivity index (χ1n) is 4.35. The van der Waals surface area contributed by atoms with E-state index in [1.807, 2.05) is 0 Å². The molecule has 1 aromatic carbocycles. The molecule has 0 radical (unpaired) electrons. The summed E-state index contributed by atoms with van der Waals surface area (Å²) in [4.78, 5) is 21.4. The molecule has 16 heavy (non-hydrogen) atoms. The van der Waals surface area contributed by atoms with Gasteiger partial charge in [-0.05, 0) is 17.7 Å². The lowest BCUT2D eigenvalue weighted by molar-refractivity contribution is -0.138. The summed E-state index contributed by atoms with van der Waals surface area (Å²) in [7, 11) is 1.31. The van der Waals surface area contributed by atoms with Crippen LogP contribution in [0.1, 0.15) is 22.0 Å². The fourth-order valence-corrected chi connectivity index (χ4v) is 1.27. The maximum absolute atomic E-state index is 10.7. The third-order valence-electron chi connectivity index (χ3n) is 2.11. The zero-order chi connectivity index (χ0) is 12.3. The zero-order valence-electron chi connectivity index (χ0n) is 8.51. The van der Waals surface area contributed by atoms with Crippen molar-refractivity contribution in [2.24, 2.45) is 5.73 Å². The Hall–Kier alpha value is -2.08. The number of phenols is 1. The van der Waals surface area contributed by atoms with E-state index in [1.54, 1.807) is 0 Å². The average molecular weight is 225 g/mol. The van der Waals surface area contributed by atoms with Gasteiger partial charge in [0.2, 0.25) is 0 Å². The molecule has 0 spiro atoms. The van der Waals surface area contributed by atoms with Gasteiger partial charge in [-0.2, -0.15) is 0 Å². The van der Waals surface area contributed by atoms with Crippen molar-refractivity contribution in [3.63, 3.8) is 0 Å². The molecular weight excluding hydrogens is 214 g/mol. The summed E-state index contributed by atoms with van der Waals surface area (Å²) in [5.41, 5.74) is 5.51. The van der Waals surface area contributed by atoms with Gasteiger partial charge in [0.05, 0.1) is 7.11 Å². The van der Waals surface area contributed by atoms with E-state index in [1.165, 1.54) is 13.2 Å². The Balaban J connectivity index is 3.35. The lowest BCUT2D eigenvalue weighted by atomic mass is 10.0. The third-order valence-corrected chi connectivity index (χ3v) is 2.11. The minimum atomic E-state index is -1.34. The van der Waals surface area contributed by atoms with Gasteiger partial charge >= 0.3 is 5.97 Å². The third kappa shape index (κ3) is 2.12. The molecule has 0 aliphatic heterocycles. The van der Waals surface area contributed by atoms with Crippen molar-refractivity contribution in [1.29, 1.82) is 0 Å². The summed E-state index contributed by atoms with van der Waals surface area (Å²) in [6.45, 7) is 0. The van der Waals surface area contributed by atoms with E-state index in [0.717, 1.165) is 6.07 Å². The van der Waals surface area contributed by atoms with Gasteiger partial charge in [-0.15, -0.1) is 0 Å². The number of carbonyl (C=O) groups excluding carboxylic acids is 1. The van der Waals surface area contributed by atoms with Crippen LogP contribution >= 0.6 is 0 Å². The van der Waals surface area contributed by atoms with Crippen LogP contribution in [-0.4, -0.2) is 29.6 Å². The summed E-state index contributed by atoms with van der Waals surface area (Å²) < 4.78 is 4.80. The largest absolute Gasteiger partial charge is 0.504 e. The van der Waals surface area contributed by atoms with Crippen molar-refractivity contribution < 1.29 is 24.5 Å². The molecule has 6 heteroatoms. The highest BCUT2D eigenvalue weighted by molar-refractivity contribution is 5.85. The minimum absolute atomic E-state index is 0.0215. The molecule has 6 nitrogen and oxygen atoms in total. The van der Waals surface area contributed by atoms with Gasteiger partial charge in [0, 0.05) is 5.56 Å². The molecule has 86 valence electrons. The van der Waals surface area contributed by atoms with E-state index in [4.69, 9.17) is 15.6 Å². The number of aromatic hydroxyl groups is 1. The molecule has 1 unspecified atom stereocenters. The first-order chi connectivity index (χ1) is 7.51. The molecule has 0 saturated heterocycles. The normalized spacial score (nSPS) is 11.9. The molecule has 0 aliphatic carbocycles. The number of hydrogen-bond acceptors (Lipinski definition) is 5. The summed E-state index contributed by atoms with van der Waals surface area (Å²) >= 11 is 0. The highest BCUT2D eigenvalue weighted by atomic mass is 16.5. The average Bonchev–Trinajstić information content (AvgIpc) is 2.27. The Morgan fingerprint density at radius 1 is 1.56 bits per heavy atom. The van der Waals surface area contributed by atoms with Crippen molar-refractivity contribution in [3.05, 3.63) is 23.3 Å². The summed E-state index contributed by atoms with van der Waals surface area (Å²) in [5.74, 6) is -1.45. The van der Waals surface area contributed by atoms with Crippen LogP contribution in [-0.2, 0) is 4.79 Å². The van der Waals surface area contributed by atoms with E-state index >= 15 is 0 Å². The quantitative estimate of drug-likeness (QED) is 0.635. The van der Waals surface area contributed by atoms with E-state index in [-0.39, 0.29) is 22.6 Å². The first-order valence-corrected chi connectivity index (χ1v) is 4.35. The zero-order valence-corrected chi connectivity index (χ0v) is 8.51. The summed E-state index contributed by atoms with van der Waals surface area (Å²) in [6.07, 6.45) is 0.428. The van der Waals surface area contributed by atoms with Crippen LogP contribution in [0.3, 0.4) is 0 Å². The molecule has 1 aromatic rings. The molecule has 4 N–H and O–H groups in total. The van der Waals surface area contributed by atoms with Crippen LogP contribution in [0, 0.1) is 0 Å². The Morgan fingerprint density at radius 2 is 2.19 bits per heavy atom. The van der Waals surface area contributed by atoms with Crippen LogP contribution < -0.4 is 10.5 Å². The van der Waals surface area contributed by atoms with Crippen LogP contribution in [0.25, 0.3) is 0 Å². The highest BCUT2D eigenvalue weighted by Gasteiger charge is 2.20. The lowest BCUT2D eigenvalue weighted by Crippen LogP contribution is -2.22. The molecule has 0 saturated carbocycles. The molecule has 0 bridgehead atoms. The predicted molar refractivity (Wildman–Crippen MR) is 54.6 cm³/mol. The van der Waals surface area contributed by atoms with Crippen LogP contribution in [0.5, 0.6) is 11.5 Å². The Kier molecular flexibility index (Phi) is 3.47. The van der Waals surface area contributed by atoms with E-state index in [9.17, 15) is 14.7 Å². The van der Waals surface area contributed by atoms with Crippen molar-refractivity contribution in [3.8, 4) is 11.5 Å². The number of aliphatic carboxylic acids is 1. The van der Waals surface area contributed by atoms with Crippen molar-refractivity contribution in [2.75, 3.05) is 7.11 Å². The number of ether oxygens (including phenoxy) is 1. The molecule has 0 fully saturated rings. The number of hydrogen-bond donors (Lipinski definition) is 3. The topological polar surface area (TPSA) is 110 Å². The fourth-order valence-electron chi connectivity index (χ4n) is 1.27. The van der Waals surface area contributed by atoms with Crippen LogP contribution in [0.4, 0.5) is 0 Å². The number of rotatable bonds is 4. The Bertz CT molecular complexity index is 429. The number of carbonyl (C=O) groups is 2. The second-order valence-corrected chi connectivity index (χ2v) is 3.09. The van der Waals surface area contributed by atoms with Gasteiger partial charge < -0.3 is 20.7 Å². The predicted octanol–water partition coefficient (Wildman–Crippen LogP) is 0.298. The molecule has 0 aromatic heterocycles. The van der Waals surface area contributed by atoms with Crippen LogP contribution in [0.15, 0.2) is 12.1 Å². The fraction of sp³-hybridized carbons (Fsp3) is 0.200. The number of phenolic OH excluding ortho intramolecular Hbond substituents is 1. The van der Waals surface area contributed by atoms with Gasteiger partial charge in [0.25, 0.3) is 0 Å². The Morgan fingerprint density at radius 3 is 2.62 bits per heavy atom. The molecular formula is C10H11NO5. The van der Waals surface area contributed by atoms with Crippen molar-refractivity contribution >= 4 is 12.3 Å². The van der Waals surface area contributed by atoms with Gasteiger partial charge in [-0.1, -0.05) is 0 Å². The van der Waals surface area contributed by atoms with Gasteiger partial charge in [-0.25, -0.2) is 0 Å². The standard InChI is InChI=1S/C10H11NO5/c1-16-8-3-6(9(11)10(14)15)5(4-12)2-7(8)13/h2-4,9,13H,11H2,1H3,(H,14,15). The van der Waals surface area contributed by atoms with Crippen molar-refractivity contribution in [2.45, 2.75) is 6.04 Å². The molecule has 0 heterocycles. The molecule has 0 amide bonds. The van der Waals surface area contributed by atoms with Crippen LogP contribution in [0.2, 0.25) is 0 Å². The Labute approximate surface area is 91.3 Å². The van der Waals surface area contributed by atoms with Gasteiger partial charge in [0.15, 0.2) is 17.8 Å². The number of nitrogens with two attached hydrogens (primary N) is 1. The lowest BCUT2D eigenvalue weighted by Gasteiger charge is -2.12. The summed E-state index contributed by atoms with van der Waals surface area (Å²) in [5, 5.41) is 18.1. The minimum Gasteiger partial charge on any atom is -0.504 e. The highest BCUT2D eigenvalue weighted by Crippen LogP contribution is 2.31. The van der Waals surface area contributed by atoms with Gasteiger partial charge in [0.1, 0.15) is 6.04 Å². The maximum atomic E-state index is 10.7. The monoisotopic (exact) mass is 225 g/mol. The molecule has 1 atom stereocenters.